The molecule has 2 aromatic rings. The first-order valence-corrected chi connectivity index (χ1v) is 7.97. The van der Waals surface area contributed by atoms with Crippen molar-refractivity contribution in [3.8, 4) is 0 Å². The smallest absolute Gasteiger partial charge is 0.111 e. The first kappa shape index (κ1) is 15.0. The minimum atomic E-state index is 0.544. The lowest BCUT2D eigenvalue weighted by atomic mass is 10.1. The van der Waals surface area contributed by atoms with Crippen LogP contribution in [-0.2, 0) is 13.0 Å². The topological polar surface area (TPSA) is 29.9 Å². The third-order valence-corrected chi connectivity index (χ3v) is 3.80. The molecular formula is C17H27N3. The van der Waals surface area contributed by atoms with Gasteiger partial charge in [0.25, 0.3) is 0 Å². The van der Waals surface area contributed by atoms with Crippen LogP contribution in [0.4, 0.5) is 0 Å². The maximum atomic E-state index is 4.84. The predicted octanol–water partition coefficient (Wildman–Crippen LogP) is 3.77. The zero-order valence-corrected chi connectivity index (χ0v) is 13.0. The van der Waals surface area contributed by atoms with Crippen molar-refractivity contribution in [3.63, 3.8) is 0 Å². The average molecular weight is 273 g/mol. The number of hydrogen-bond donors (Lipinski definition) is 1. The molecule has 0 saturated carbocycles. The van der Waals surface area contributed by atoms with Gasteiger partial charge in [-0.15, -0.1) is 0 Å². The fourth-order valence-electron chi connectivity index (χ4n) is 2.83. The largest absolute Gasteiger partial charge is 0.328 e. The molecule has 0 spiro atoms. The molecule has 3 nitrogen and oxygen atoms in total. The maximum absolute atomic E-state index is 4.84. The van der Waals surface area contributed by atoms with Gasteiger partial charge in [-0.1, -0.05) is 32.4 Å². The van der Waals surface area contributed by atoms with Gasteiger partial charge in [0.1, 0.15) is 5.82 Å². The molecule has 1 aromatic heterocycles. The highest BCUT2D eigenvalue weighted by molar-refractivity contribution is 5.75. The van der Waals surface area contributed by atoms with E-state index in [1.54, 1.807) is 0 Å². The Morgan fingerprint density at radius 3 is 2.65 bits per heavy atom. The van der Waals surface area contributed by atoms with Gasteiger partial charge in [0, 0.05) is 19.0 Å². The number of imidazole rings is 1. The van der Waals surface area contributed by atoms with Crippen molar-refractivity contribution >= 4 is 11.0 Å². The summed E-state index contributed by atoms with van der Waals surface area (Å²) in [7, 11) is 0. The molecule has 0 bridgehead atoms. The average Bonchev–Trinajstić information content (AvgIpc) is 2.82. The summed E-state index contributed by atoms with van der Waals surface area (Å²) in [6.07, 6.45) is 4.64. The van der Waals surface area contributed by atoms with E-state index < -0.39 is 0 Å². The molecule has 1 N–H and O–H groups in total. The van der Waals surface area contributed by atoms with Crippen LogP contribution in [0.15, 0.2) is 24.3 Å². The molecule has 1 unspecified atom stereocenters. The Labute approximate surface area is 122 Å². The normalized spacial score (nSPS) is 12.9. The van der Waals surface area contributed by atoms with E-state index in [0.717, 1.165) is 25.0 Å². The highest BCUT2D eigenvalue weighted by Crippen LogP contribution is 2.17. The van der Waals surface area contributed by atoms with E-state index in [2.05, 4.69) is 54.9 Å². The number of aryl methyl sites for hydroxylation is 1. The minimum absolute atomic E-state index is 0.544. The van der Waals surface area contributed by atoms with E-state index in [1.165, 1.54) is 30.6 Å². The highest BCUT2D eigenvalue weighted by atomic mass is 15.1. The minimum Gasteiger partial charge on any atom is -0.328 e. The van der Waals surface area contributed by atoms with E-state index in [-0.39, 0.29) is 0 Å². The van der Waals surface area contributed by atoms with Gasteiger partial charge in [-0.3, -0.25) is 0 Å². The van der Waals surface area contributed by atoms with Crippen LogP contribution in [0.3, 0.4) is 0 Å². The van der Waals surface area contributed by atoms with Crippen LogP contribution < -0.4 is 5.32 Å². The lowest BCUT2D eigenvalue weighted by Crippen LogP contribution is -2.32. The Morgan fingerprint density at radius 2 is 1.95 bits per heavy atom. The van der Waals surface area contributed by atoms with Gasteiger partial charge in [-0.05, 0) is 38.4 Å². The third-order valence-electron chi connectivity index (χ3n) is 3.80. The molecule has 1 heterocycles. The fraction of sp³-hybridized carbons (Fsp3) is 0.588. The SMILES string of the molecule is CCCNC(CCC)Cc1nc2ccccc2n1CC. The maximum Gasteiger partial charge on any atom is 0.111 e. The zero-order valence-electron chi connectivity index (χ0n) is 13.0. The van der Waals surface area contributed by atoms with Crippen molar-refractivity contribution < 1.29 is 0 Å². The molecule has 20 heavy (non-hydrogen) atoms. The molecule has 1 aromatic carbocycles. The van der Waals surface area contributed by atoms with Gasteiger partial charge in [0.2, 0.25) is 0 Å². The van der Waals surface area contributed by atoms with Crippen LogP contribution >= 0.6 is 0 Å². The summed E-state index contributed by atoms with van der Waals surface area (Å²) in [6, 6.07) is 8.99. The molecule has 0 saturated heterocycles. The van der Waals surface area contributed by atoms with Crippen LogP contribution in [0.5, 0.6) is 0 Å². The molecule has 0 fully saturated rings. The molecule has 0 radical (unpaired) electrons. The standard InChI is InChI=1S/C17H27N3/c1-4-9-14(18-12-5-2)13-17-19-15-10-7-8-11-16(15)20(17)6-3/h7-8,10-11,14,18H,4-6,9,12-13H2,1-3H3. The fourth-order valence-corrected chi connectivity index (χ4v) is 2.83. The summed E-state index contributed by atoms with van der Waals surface area (Å²) >= 11 is 0. The van der Waals surface area contributed by atoms with Crippen LogP contribution in [0.2, 0.25) is 0 Å². The number of hydrogen-bond acceptors (Lipinski definition) is 2. The molecule has 110 valence electrons. The second-order valence-electron chi connectivity index (χ2n) is 5.40. The molecule has 3 heteroatoms. The van der Waals surface area contributed by atoms with Gasteiger partial charge in [0.15, 0.2) is 0 Å². The lowest BCUT2D eigenvalue weighted by molar-refractivity contribution is 0.458. The summed E-state index contributed by atoms with van der Waals surface area (Å²) in [5.41, 5.74) is 2.38. The van der Waals surface area contributed by atoms with Crippen molar-refractivity contribution in [2.75, 3.05) is 6.54 Å². The number of fused-ring (bicyclic) bond motifs is 1. The molecule has 2 rings (SSSR count). The number of para-hydroxylation sites is 2. The van der Waals surface area contributed by atoms with Crippen LogP contribution in [0.1, 0.15) is 45.9 Å². The van der Waals surface area contributed by atoms with Crippen molar-refractivity contribution in [1.29, 1.82) is 0 Å². The molecular weight excluding hydrogens is 246 g/mol. The Balaban J connectivity index is 2.22. The molecule has 0 aliphatic carbocycles. The summed E-state index contributed by atoms with van der Waals surface area (Å²) in [6.45, 7) is 8.76. The van der Waals surface area contributed by atoms with Crippen LogP contribution in [0, 0.1) is 0 Å². The number of nitrogens with one attached hydrogen (secondary N) is 1. The van der Waals surface area contributed by atoms with Gasteiger partial charge < -0.3 is 9.88 Å². The number of aromatic nitrogens is 2. The Kier molecular flexibility index (Phi) is 5.60. The molecule has 0 aliphatic heterocycles. The van der Waals surface area contributed by atoms with Gasteiger partial charge in [-0.2, -0.15) is 0 Å². The molecule has 0 aliphatic rings. The monoisotopic (exact) mass is 273 g/mol. The number of rotatable bonds is 8. The van der Waals surface area contributed by atoms with Crippen LogP contribution in [-0.4, -0.2) is 22.1 Å². The quantitative estimate of drug-likeness (QED) is 0.793. The third kappa shape index (κ3) is 3.40. The molecule has 0 amide bonds. The summed E-state index contributed by atoms with van der Waals surface area (Å²) in [5.74, 6) is 1.22. The van der Waals surface area contributed by atoms with Gasteiger partial charge in [0.05, 0.1) is 11.0 Å². The summed E-state index contributed by atoms with van der Waals surface area (Å²) < 4.78 is 2.35. The number of benzene rings is 1. The van der Waals surface area contributed by atoms with Crippen molar-refractivity contribution in [2.24, 2.45) is 0 Å². The van der Waals surface area contributed by atoms with E-state index in [9.17, 15) is 0 Å². The van der Waals surface area contributed by atoms with E-state index in [1.807, 2.05) is 0 Å². The molecule has 1 atom stereocenters. The Morgan fingerprint density at radius 1 is 1.15 bits per heavy atom. The highest BCUT2D eigenvalue weighted by Gasteiger charge is 2.14. The van der Waals surface area contributed by atoms with E-state index in [4.69, 9.17) is 4.98 Å². The first-order valence-electron chi connectivity index (χ1n) is 7.97. The predicted molar refractivity (Wildman–Crippen MR) is 86.1 cm³/mol. The van der Waals surface area contributed by atoms with E-state index in [0.29, 0.717) is 6.04 Å². The van der Waals surface area contributed by atoms with Crippen molar-refractivity contribution in [3.05, 3.63) is 30.1 Å². The lowest BCUT2D eigenvalue weighted by Gasteiger charge is -2.18. The van der Waals surface area contributed by atoms with Crippen molar-refractivity contribution in [2.45, 2.75) is 59.0 Å². The van der Waals surface area contributed by atoms with E-state index >= 15 is 0 Å². The van der Waals surface area contributed by atoms with Gasteiger partial charge in [-0.25, -0.2) is 4.98 Å². The second-order valence-corrected chi connectivity index (χ2v) is 5.40. The van der Waals surface area contributed by atoms with Crippen molar-refractivity contribution in [1.82, 2.24) is 14.9 Å². The summed E-state index contributed by atoms with van der Waals surface area (Å²) in [4.78, 5) is 4.84. The first-order chi connectivity index (χ1) is 9.80. The van der Waals surface area contributed by atoms with Gasteiger partial charge >= 0.3 is 0 Å². The Hall–Kier alpha value is -1.35. The number of nitrogens with zero attached hydrogens (tertiary/aromatic N) is 2. The van der Waals surface area contributed by atoms with Crippen LogP contribution in [0.25, 0.3) is 11.0 Å². The Bertz CT molecular complexity index is 530. The zero-order chi connectivity index (χ0) is 14.4. The summed E-state index contributed by atoms with van der Waals surface area (Å²) in [5, 5.41) is 3.66. The second kappa shape index (κ2) is 7.44.